The molecule has 0 bridgehead atoms. The van der Waals surface area contributed by atoms with Crippen LogP contribution in [0.15, 0.2) is 53.7 Å². The number of nitrogens with zero attached hydrogens (tertiary/aromatic N) is 2. The van der Waals surface area contributed by atoms with Gasteiger partial charge in [0.1, 0.15) is 17.9 Å². The number of primary sulfonamides is 1. The van der Waals surface area contributed by atoms with Gasteiger partial charge >= 0.3 is 0 Å². The van der Waals surface area contributed by atoms with E-state index < -0.39 is 10.0 Å². The number of fused-ring (bicyclic) bond motifs is 1. The molecule has 0 fully saturated rings. The summed E-state index contributed by atoms with van der Waals surface area (Å²) in [5.74, 6) is 1.40. The predicted molar refractivity (Wildman–Crippen MR) is 91.2 cm³/mol. The van der Waals surface area contributed by atoms with Crippen molar-refractivity contribution in [2.75, 3.05) is 12.4 Å². The minimum atomic E-state index is -3.68. The molecule has 1 heterocycles. The molecule has 124 valence electrons. The molecule has 3 N–H and O–H groups in total. The lowest BCUT2D eigenvalue weighted by atomic mass is 10.2. The molecule has 24 heavy (non-hydrogen) atoms. The Kier molecular flexibility index (Phi) is 4.32. The number of hydrogen-bond donors (Lipinski definition) is 2. The van der Waals surface area contributed by atoms with E-state index in [0.29, 0.717) is 12.4 Å². The highest BCUT2D eigenvalue weighted by Crippen LogP contribution is 2.24. The van der Waals surface area contributed by atoms with E-state index in [4.69, 9.17) is 9.88 Å². The first kappa shape index (κ1) is 16.2. The zero-order valence-corrected chi connectivity index (χ0v) is 13.7. The molecule has 2 aromatic carbocycles. The van der Waals surface area contributed by atoms with E-state index in [9.17, 15) is 8.42 Å². The highest BCUT2D eigenvalue weighted by Gasteiger charge is 2.08. The topological polar surface area (TPSA) is 107 Å². The number of rotatable bonds is 5. The first-order valence-electron chi connectivity index (χ1n) is 7.12. The average Bonchev–Trinajstić information content (AvgIpc) is 2.59. The number of nitrogens with one attached hydrogen (secondary N) is 1. The quantitative estimate of drug-likeness (QED) is 0.732. The lowest BCUT2D eigenvalue weighted by Gasteiger charge is -2.10. The molecule has 0 aliphatic heterocycles. The Bertz CT molecular complexity index is 972. The van der Waals surface area contributed by atoms with Crippen LogP contribution >= 0.6 is 0 Å². The van der Waals surface area contributed by atoms with Crippen molar-refractivity contribution in [1.82, 2.24) is 9.97 Å². The van der Waals surface area contributed by atoms with E-state index in [1.165, 1.54) is 18.5 Å². The van der Waals surface area contributed by atoms with Crippen molar-refractivity contribution in [3.8, 4) is 5.75 Å². The van der Waals surface area contributed by atoms with Crippen molar-refractivity contribution in [2.24, 2.45) is 5.14 Å². The highest BCUT2D eigenvalue weighted by atomic mass is 32.2. The fourth-order valence-corrected chi connectivity index (χ4v) is 2.80. The van der Waals surface area contributed by atoms with Gasteiger partial charge in [0.25, 0.3) is 0 Å². The third-order valence-corrected chi connectivity index (χ3v) is 4.48. The second-order valence-corrected chi connectivity index (χ2v) is 6.71. The average molecular weight is 344 g/mol. The van der Waals surface area contributed by atoms with Crippen LogP contribution in [0.4, 0.5) is 5.82 Å². The van der Waals surface area contributed by atoms with Gasteiger partial charge in [0.2, 0.25) is 10.0 Å². The summed E-state index contributed by atoms with van der Waals surface area (Å²) in [7, 11) is -2.08. The lowest BCUT2D eigenvalue weighted by molar-refractivity contribution is 0.415. The standard InChI is InChI=1S/C16H16N4O3S/c1-23-12-4-7-15-14(8-12)16(20-10-19-15)18-9-11-2-5-13(6-3-11)24(17,21)22/h2-8,10H,9H2,1H3,(H2,17,21,22)(H,18,19,20). The van der Waals surface area contributed by atoms with Crippen molar-refractivity contribution < 1.29 is 13.2 Å². The summed E-state index contributed by atoms with van der Waals surface area (Å²) in [5.41, 5.74) is 1.70. The molecule has 3 rings (SSSR count). The lowest BCUT2D eigenvalue weighted by Crippen LogP contribution is -2.12. The third-order valence-electron chi connectivity index (χ3n) is 3.55. The van der Waals surface area contributed by atoms with Crippen molar-refractivity contribution in [2.45, 2.75) is 11.4 Å². The summed E-state index contributed by atoms with van der Waals surface area (Å²) in [6.07, 6.45) is 1.49. The number of sulfonamides is 1. The molecule has 8 heteroatoms. The van der Waals surface area contributed by atoms with Crippen LogP contribution in [0.1, 0.15) is 5.56 Å². The molecule has 7 nitrogen and oxygen atoms in total. The number of hydrogen-bond acceptors (Lipinski definition) is 6. The van der Waals surface area contributed by atoms with Crippen LogP contribution in [0.3, 0.4) is 0 Å². The maximum atomic E-state index is 11.3. The van der Waals surface area contributed by atoms with E-state index in [0.717, 1.165) is 22.2 Å². The molecule has 0 amide bonds. The van der Waals surface area contributed by atoms with Gasteiger partial charge in [-0.15, -0.1) is 0 Å². The highest BCUT2D eigenvalue weighted by molar-refractivity contribution is 7.89. The molecule has 0 saturated carbocycles. The van der Waals surface area contributed by atoms with Gasteiger partial charge in [-0.3, -0.25) is 0 Å². The number of anilines is 1. The predicted octanol–water partition coefficient (Wildman–Crippen LogP) is 1.90. The first-order chi connectivity index (χ1) is 11.5. The van der Waals surface area contributed by atoms with E-state index in [1.807, 2.05) is 18.2 Å². The van der Waals surface area contributed by atoms with Gasteiger partial charge in [0, 0.05) is 11.9 Å². The molecule has 0 atom stereocenters. The second kappa shape index (κ2) is 6.42. The molecule has 0 aliphatic rings. The molecule has 0 unspecified atom stereocenters. The summed E-state index contributed by atoms with van der Waals surface area (Å²) in [6.45, 7) is 0.480. The van der Waals surface area contributed by atoms with Gasteiger partial charge in [0.15, 0.2) is 0 Å². The second-order valence-electron chi connectivity index (χ2n) is 5.15. The monoisotopic (exact) mass is 344 g/mol. The summed E-state index contributed by atoms with van der Waals surface area (Å²) in [4.78, 5) is 8.57. The molecule has 0 saturated heterocycles. The van der Waals surface area contributed by atoms with Gasteiger partial charge < -0.3 is 10.1 Å². The van der Waals surface area contributed by atoms with Crippen LogP contribution in [-0.4, -0.2) is 25.5 Å². The maximum Gasteiger partial charge on any atom is 0.238 e. The molecule has 3 aromatic rings. The van der Waals surface area contributed by atoms with Gasteiger partial charge in [-0.1, -0.05) is 12.1 Å². The number of nitrogens with two attached hydrogens (primary N) is 1. The molecule has 0 spiro atoms. The van der Waals surface area contributed by atoms with Gasteiger partial charge in [0.05, 0.1) is 17.5 Å². The normalized spacial score (nSPS) is 11.4. The summed E-state index contributed by atoms with van der Waals surface area (Å²) in [5, 5.41) is 9.16. The summed E-state index contributed by atoms with van der Waals surface area (Å²) >= 11 is 0. The Hall–Kier alpha value is -2.71. The fraction of sp³-hybridized carbons (Fsp3) is 0.125. The number of aromatic nitrogens is 2. The van der Waals surface area contributed by atoms with Crippen LogP contribution in [0, 0.1) is 0 Å². The smallest absolute Gasteiger partial charge is 0.238 e. The van der Waals surface area contributed by atoms with Crippen LogP contribution < -0.4 is 15.2 Å². The van der Waals surface area contributed by atoms with Crippen molar-refractivity contribution >= 4 is 26.7 Å². The van der Waals surface area contributed by atoms with Crippen molar-refractivity contribution in [3.05, 3.63) is 54.4 Å². The van der Waals surface area contributed by atoms with Crippen LogP contribution in [0.25, 0.3) is 10.9 Å². The molecular weight excluding hydrogens is 328 g/mol. The van der Waals surface area contributed by atoms with E-state index in [1.54, 1.807) is 19.2 Å². The van der Waals surface area contributed by atoms with Gasteiger partial charge in [-0.25, -0.2) is 23.5 Å². The fourth-order valence-electron chi connectivity index (χ4n) is 2.29. The van der Waals surface area contributed by atoms with E-state index in [-0.39, 0.29) is 4.90 Å². The third kappa shape index (κ3) is 3.44. The van der Waals surface area contributed by atoms with Gasteiger partial charge in [-0.2, -0.15) is 0 Å². The Morgan fingerprint density at radius 2 is 1.88 bits per heavy atom. The zero-order chi connectivity index (χ0) is 17.2. The minimum absolute atomic E-state index is 0.0865. The Morgan fingerprint density at radius 1 is 1.12 bits per heavy atom. The van der Waals surface area contributed by atoms with Crippen LogP contribution in [0.5, 0.6) is 5.75 Å². The van der Waals surface area contributed by atoms with Crippen LogP contribution in [-0.2, 0) is 16.6 Å². The minimum Gasteiger partial charge on any atom is -0.497 e. The molecule has 1 aromatic heterocycles. The zero-order valence-electron chi connectivity index (χ0n) is 12.9. The Morgan fingerprint density at radius 3 is 2.54 bits per heavy atom. The Balaban J connectivity index is 1.83. The van der Waals surface area contributed by atoms with Gasteiger partial charge in [-0.05, 0) is 35.9 Å². The SMILES string of the molecule is COc1ccc2ncnc(NCc3ccc(S(N)(=O)=O)cc3)c2c1. The van der Waals surface area contributed by atoms with Crippen molar-refractivity contribution in [1.29, 1.82) is 0 Å². The van der Waals surface area contributed by atoms with Crippen molar-refractivity contribution in [3.63, 3.8) is 0 Å². The molecule has 0 radical (unpaired) electrons. The molecular formula is C16H16N4O3S. The number of methoxy groups -OCH3 is 1. The summed E-state index contributed by atoms with van der Waals surface area (Å²) in [6, 6.07) is 11.9. The van der Waals surface area contributed by atoms with Crippen LogP contribution in [0.2, 0.25) is 0 Å². The van der Waals surface area contributed by atoms with E-state index in [2.05, 4.69) is 15.3 Å². The largest absolute Gasteiger partial charge is 0.497 e. The number of benzene rings is 2. The first-order valence-corrected chi connectivity index (χ1v) is 8.66. The van der Waals surface area contributed by atoms with E-state index >= 15 is 0 Å². The molecule has 0 aliphatic carbocycles. The number of ether oxygens (including phenoxy) is 1. The maximum absolute atomic E-state index is 11.3. The summed E-state index contributed by atoms with van der Waals surface area (Å²) < 4.78 is 27.8. The Labute approximate surface area is 139 Å².